The Morgan fingerprint density at radius 3 is 2.23 bits per heavy atom. The number of rotatable bonds is 7. The summed E-state index contributed by atoms with van der Waals surface area (Å²) in [5, 5.41) is 0. The van der Waals surface area contributed by atoms with E-state index in [1.807, 2.05) is 6.07 Å². The Morgan fingerprint density at radius 1 is 1.00 bits per heavy atom. The van der Waals surface area contributed by atoms with Gasteiger partial charge in [0.15, 0.2) is 0 Å². The fourth-order valence-electron chi connectivity index (χ4n) is 5.44. The molecule has 1 aromatic carbocycles. The second-order valence-electron chi connectivity index (χ2n) is 9.25. The molecule has 0 atom stereocenters. The second-order valence-corrected chi connectivity index (χ2v) is 9.25. The van der Waals surface area contributed by atoms with Gasteiger partial charge in [-0.25, -0.2) is 0 Å². The first kappa shape index (κ1) is 21.2. The summed E-state index contributed by atoms with van der Waals surface area (Å²) in [5.41, 5.74) is 0.886. The molecule has 2 heterocycles. The minimum Gasteiger partial charge on any atom is -0.497 e. The van der Waals surface area contributed by atoms with Gasteiger partial charge in [-0.15, -0.1) is 0 Å². The van der Waals surface area contributed by atoms with Crippen LogP contribution in [0.5, 0.6) is 11.5 Å². The number of methoxy groups -OCH3 is 2. The minimum absolute atomic E-state index is 0.0380. The van der Waals surface area contributed by atoms with Crippen molar-refractivity contribution in [3.63, 3.8) is 0 Å². The number of carbonyl (C=O) groups excluding carboxylic acids is 2. The molecule has 1 saturated carbocycles. The zero-order valence-corrected chi connectivity index (χ0v) is 18.3. The SMILES string of the molecule is COc1cc(CCC2CCN(CN3C(=O)CC4(CCCC4)C3=O)CC2)cc(OC)c1. The Balaban J connectivity index is 1.26. The van der Waals surface area contributed by atoms with Crippen molar-refractivity contribution in [1.82, 2.24) is 9.80 Å². The lowest BCUT2D eigenvalue weighted by Gasteiger charge is -2.34. The van der Waals surface area contributed by atoms with Crippen LogP contribution >= 0.6 is 0 Å². The Labute approximate surface area is 179 Å². The Kier molecular flexibility index (Phi) is 6.32. The maximum absolute atomic E-state index is 12.9. The molecule has 0 radical (unpaired) electrons. The highest BCUT2D eigenvalue weighted by Crippen LogP contribution is 2.46. The highest BCUT2D eigenvalue weighted by atomic mass is 16.5. The van der Waals surface area contributed by atoms with Gasteiger partial charge in [0.25, 0.3) is 0 Å². The van der Waals surface area contributed by atoms with Crippen LogP contribution < -0.4 is 9.47 Å². The zero-order chi connectivity index (χ0) is 21.1. The van der Waals surface area contributed by atoms with Crippen molar-refractivity contribution >= 4 is 11.8 Å². The first-order valence-electron chi connectivity index (χ1n) is 11.3. The number of hydrogen-bond donors (Lipinski definition) is 0. The topological polar surface area (TPSA) is 59.1 Å². The highest BCUT2D eigenvalue weighted by molar-refractivity contribution is 6.06. The van der Waals surface area contributed by atoms with Crippen LogP contribution in [0.25, 0.3) is 0 Å². The molecule has 6 heteroatoms. The summed E-state index contributed by atoms with van der Waals surface area (Å²) >= 11 is 0. The standard InChI is InChI=1S/C24H34N2O4/c1-29-20-13-19(14-21(15-20)30-2)6-5-18-7-11-25(12-8-18)17-26-22(27)16-24(23(26)28)9-3-4-10-24/h13-15,18H,3-12,16-17H2,1-2H3. The van der Waals surface area contributed by atoms with E-state index in [9.17, 15) is 9.59 Å². The summed E-state index contributed by atoms with van der Waals surface area (Å²) in [6, 6.07) is 6.07. The average Bonchev–Trinajstić information content (AvgIpc) is 3.33. The highest BCUT2D eigenvalue weighted by Gasteiger charge is 2.52. The largest absolute Gasteiger partial charge is 0.497 e. The Morgan fingerprint density at radius 2 is 1.63 bits per heavy atom. The molecule has 1 spiro atoms. The molecule has 3 aliphatic rings. The van der Waals surface area contributed by atoms with Gasteiger partial charge in [0, 0.05) is 25.6 Å². The van der Waals surface area contributed by atoms with E-state index in [1.54, 1.807) is 19.1 Å². The third-order valence-electron chi connectivity index (χ3n) is 7.35. The first-order valence-corrected chi connectivity index (χ1v) is 11.3. The number of amides is 2. The lowest BCUT2D eigenvalue weighted by atomic mass is 9.84. The van der Waals surface area contributed by atoms with Crippen LogP contribution in [0, 0.1) is 11.3 Å². The zero-order valence-electron chi connectivity index (χ0n) is 18.3. The molecule has 2 aliphatic heterocycles. The molecule has 6 nitrogen and oxygen atoms in total. The molecule has 0 aromatic heterocycles. The molecule has 0 unspecified atom stereocenters. The van der Waals surface area contributed by atoms with Crippen molar-refractivity contribution in [2.24, 2.45) is 11.3 Å². The van der Waals surface area contributed by atoms with Gasteiger partial charge in [0.05, 0.1) is 26.3 Å². The van der Waals surface area contributed by atoms with Crippen LogP contribution in [0.1, 0.15) is 56.9 Å². The summed E-state index contributed by atoms with van der Waals surface area (Å²) in [6.07, 6.45) is 8.75. The van der Waals surface area contributed by atoms with Crippen LogP contribution in [0.15, 0.2) is 18.2 Å². The number of imide groups is 1. The lowest BCUT2D eigenvalue weighted by Crippen LogP contribution is -2.45. The molecule has 3 fully saturated rings. The van der Waals surface area contributed by atoms with Gasteiger partial charge in [-0.2, -0.15) is 0 Å². The van der Waals surface area contributed by atoms with Crippen molar-refractivity contribution in [2.75, 3.05) is 34.0 Å². The number of carbonyl (C=O) groups is 2. The van der Waals surface area contributed by atoms with Gasteiger partial charge in [-0.05, 0) is 62.1 Å². The summed E-state index contributed by atoms with van der Waals surface area (Å²) in [7, 11) is 3.36. The van der Waals surface area contributed by atoms with Gasteiger partial charge in [0.1, 0.15) is 11.5 Å². The van der Waals surface area contributed by atoms with Gasteiger partial charge < -0.3 is 9.47 Å². The second kappa shape index (κ2) is 8.96. The molecule has 2 amide bonds. The summed E-state index contributed by atoms with van der Waals surface area (Å²) in [4.78, 5) is 29.2. The van der Waals surface area contributed by atoms with E-state index in [4.69, 9.17) is 9.47 Å². The molecule has 164 valence electrons. The molecule has 0 bridgehead atoms. The van der Waals surface area contributed by atoms with Gasteiger partial charge in [-0.3, -0.25) is 19.4 Å². The molecule has 30 heavy (non-hydrogen) atoms. The van der Waals surface area contributed by atoms with E-state index < -0.39 is 0 Å². The maximum atomic E-state index is 12.9. The van der Waals surface area contributed by atoms with Crippen molar-refractivity contribution in [2.45, 2.75) is 57.8 Å². The number of nitrogens with zero attached hydrogens (tertiary/aromatic N) is 2. The summed E-state index contributed by atoms with van der Waals surface area (Å²) in [5.74, 6) is 2.47. The number of piperidine rings is 1. The minimum atomic E-state index is -0.354. The van der Waals surface area contributed by atoms with Crippen molar-refractivity contribution in [1.29, 1.82) is 0 Å². The maximum Gasteiger partial charge on any atom is 0.237 e. The quantitative estimate of drug-likeness (QED) is 0.638. The van der Waals surface area contributed by atoms with Gasteiger partial charge in [-0.1, -0.05) is 12.8 Å². The monoisotopic (exact) mass is 414 g/mol. The van der Waals surface area contributed by atoms with Crippen LogP contribution in [0.4, 0.5) is 0 Å². The fourth-order valence-corrected chi connectivity index (χ4v) is 5.44. The predicted molar refractivity (Wildman–Crippen MR) is 114 cm³/mol. The fraction of sp³-hybridized carbons (Fsp3) is 0.667. The molecule has 4 rings (SSSR count). The number of benzene rings is 1. The normalized spacial score (nSPS) is 22.3. The Bertz CT molecular complexity index is 757. The third-order valence-corrected chi connectivity index (χ3v) is 7.35. The molecule has 1 aromatic rings. The first-order chi connectivity index (χ1) is 14.5. The van der Waals surface area contributed by atoms with E-state index in [0.717, 1.165) is 76.0 Å². The summed E-state index contributed by atoms with van der Waals surface area (Å²) in [6.45, 7) is 2.39. The van der Waals surface area contributed by atoms with Crippen LogP contribution in [-0.2, 0) is 16.0 Å². The van der Waals surface area contributed by atoms with E-state index in [-0.39, 0.29) is 17.2 Å². The lowest BCUT2D eigenvalue weighted by molar-refractivity contribution is -0.144. The summed E-state index contributed by atoms with van der Waals surface area (Å²) < 4.78 is 10.7. The Hall–Kier alpha value is -2.08. The van der Waals surface area contributed by atoms with Crippen LogP contribution in [0.2, 0.25) is 0 Å². The third kappa shape index (κ3) is 4.34. The van der Waals surface area contributed by atoms with Crippen LogP contribution in [0.3, 0.4) is 0 Å². The molecular formula is C24H34N2O4. The van der Waals surface area contributed by atoms with Crippen molar-refractivity contribution in [3.8, 4) is 11.5 Å². The van der Waals surface area contributed by atoms with Crippen molar-refractivity contribution in [3.05, 3.63) is 23.8 Å². The van der Waals surface area contributed by atoms with E-state index in [1.165, 1.54) is 5.56 Å². The van der Waals surface area contributed by atoms with Gasteiger partial charge >= 0.3 is 0 Å². The van der Waals surface area contributed by atoms with Crippen LogP contribution in [-0.4, -0.2) is 55.6 Å². The number of ether oxygens (including phenoxy) is 2. The molecule has 0 N–H and O–H groups in total. The molecular weight excluding hydrogens is 380 g/mol. The smallest absolute Gasteiger partial charge is 0.237 e. The molecule has 1 aliphatic carbocycles. The number of aryl methyl sites for hydroxylation is 1. The van der Waals surface area contributed by atoms with E-state index in [2.05, 4.69) is 17.0 Å². The van der Waals surface area contributed by atoms with Gasteiger partial charge in [0.2, 0.25) is 11.8 Å². The average molecular weight is 415 g/mol. The van der Waals surface area contributed by atoms with E-state index >= 15 is 0 Å². The van der Waals surface area contributed by atoms with E-state index in [0.29, 0.717) is 19.0 Å². The predicted octanol–water partition coefficient (Wildman–Crippen LogP) is 3.63. The van der Waals surface area contributed by atoms with Crippen molar-refractivity contribution < 1.29 is 19.1 Å². The molecule has 2 saturated heterocycles. The number of likely N-dealkylation sites (tertiary alicyclic amines) is 2. The number of hydrogen-bond acceptors (Lipinski definition) is 5.